The molecule has 150 valence electrons. The predicted molar refractivity (Wildman–Crippen MR) is 112 cm³/mol. The van der Waals surface area contributed by atoms with E-state index in [1.54, 1.807) is 18.0 Å². The number of amides is 1. The lowest BCUT2D eigenvalue weighted by atomic mass is 10.0. The number of benzene rings is 1. The van der Waals surface area contributed by atoms with Crippen LogP contribution in [-0.2, 0) is 7.05 Å². The third kappa shape index (κ3) is 3.62. The van der Waals surface area contributed by atoms with E-state index in [2.05, 4.69) is 23.3 Å². The molecule has 1 aromatic carbocycles. The van der Waals surface area contributed by atoms with Crippen LogP contribution in [0.5, 0.6) is 5.75 Å². The maximum atomic E-state index is 13.2. The van der Waals surface area contributed by atoms with Crippen LogP contribution in [0.2, 0.25) is 0 Å². The molecule has 1 aliphatic heterocycles. The molecule has 1 unspecified atom stereocenters. The molecule has 0 aliphatic carbocycles. The van der Waals surface area contributed by atoms with E-state index in [1.807, 2.05) is 44.0 Å². The third-order valence-electron chi connectivity index (χ3n) is 5.70. The average Bonchev–Trinajstić information content (AvgIpc) is 3.35. The summed E-state index contributed by atoms with van der Waals surface area (Å²) >= 11 is 0. The van der Waals surface area contributed by atoms with Crippen LogP contribution in [0, 0.1) is 13.8 Å². The lowest BCUT2D eigenvalue weighted by molar-refractivity contribution is 0.0732. The summed E-state index contributed by atoms with van der Waals surface area (Å²) in [5.41, 5.74) is 5.60. The van der Waals surface area contributed by atoms with Gasteiger partial charge in [0.2, 0.25) is 0 Å². The second kappa shape index (κ2) is 7.70. The van der Waals surface area contributed by atoms with Gasteiger partial charge < -0.3 is 9.64 Å². The number of aryl methyl sites for hydroxylation is 2. The fourth-order valence-corrected chi connectivity index (χ4v) is 4.01. The van der Waals surface area contributed by atoms with Gasteiger partial charge in [-0.25, -0.2) is 0 Å². The fourth-order valence-electron chi connectivity index (χ4n) is 4.01. The number of hydrogen-bond acceptors (Lipinski definition) is 4. The van der Waals surface area contributed by atoms with Crippen molar-refractivity contribution in [2.75, 3.05) is 13.7 Å². The van der Waals surface area contributed by atoms with Crippen LogP contribution in [-0.4, -0.2) is 39.2 Å². The second-order valence-corrected chi connectivity index (χ2v) is 7.58. The van der Waals surface area contributed by atoms with Crippen LogP contribution in [0.1, 0.15) is 46.3 Å². The standard InChI is InChI=1S/C23H26N4O2/c1-15-11-18(17-7-5-8-19(12-17)29-4)13-21(25-15)22-9-6-10-27(22)23(28)20-14-24-26(3)16(20)2/h5,7-8,11-14,22H,6,9-10H2,1-4H3. The van der Waals surface area contributed by atoms with Gasteiger partial charge in [0.05, 0.1) is 30.6 Å². The minimum absolute atomic E-state index is 0.0219. The number of carbonyl (C=O) groups is 1. The molecule has 6 heteroatoms. The Morgan fingerprint density at radius 3 is 2.72 bits per heavy atom. The highest BCUT2D eigenvalue weighted by molar-refractivity contribution is 5.95. The van der Waals surface area contributed by atoms with E-state index in [4.69, 9.17) is 9.72 Å². The van der Waals surface area contributed by atoms with E-state index < -0.39 is 0 Å². The van der Waals surface area contributed by atoms with Crippen LogP contribution in [0.25, 0.3) is 11.1 Å². The molecule has 0 bridgehead atoms. The second-order valence-electron chi connectivity index (χ2n) is 7.58. The summed E-state index contributed by atoms with van der Waals surface area (Å²) in [6.45, 7) is 4.67. The molecule has 4 rings (SSSR count). The molecule has 3 heterocycles. The van der Waals surface area contributed by atoms with Crippen LogP contribution in [0.4, 0.5) is 0 Å². The molecule has 0 radical (unpaired) electrons. The maximum absolute atomic E-state index is 13.2. The summed E-state index contributed by atoms with van der Waals surface area (Å²) in [5.74, 6) is 0.854. The van der Waals surface area contributed by atoms with Crippen molar-refractivity contribution in [3.63, 3.8) is 0 Å². The summed E-state index contributed by atoms with van der Waals surface area (Å²) in [6, 6.07) is 12.2. The zero-order valence-electron chi connectivity index (χ0n) is 17.3. The Kier molecular flexibility index (Phi) is 5.09. The highest BCUT2D eigenvalue weighted by Crippen LogP contribution is 2.35. The van der Waals surface area contributed by atoms with Crippen molar-refractivity contribution < 1.29 is 9.53 Å². The summed E-state index contributed by atoms with van der Waals surface area (Å²) < 4.78 is 7.11. The highest BCUT2D eigenvalue weighted by Gasteiger charge is 2.33. The first-order chi connectivity index (χ1) is 14.0. The van der Waals surface area contributed by atoms with Crippen molar-refractivity contribution in [1.82, 2.24) is 19.7 Å². The van der Waals surface area contributed by atoms with Gasteiger partial charge in [0.15, 0.2) is 0 Å². The molecule has 29 heavy (non-hydrogen) atoms. The Balaban J connectivity index is 1.69. The first-order valence-corrected chi connectivity index (χ1v) is 9.90. The molecule has 1 fully saturated rings. The summed E-state index contributed by atoms with van der Waals surface area (Å²) in [4.78, 5) is 20.0. The molecule has 0 spiro atoms. The van der Waals surface area contributed by atoms with E-state index in [-0.39, 0.29) is 11.9 Å². The third-order valence-corrected chi connectivity index (χ3v) is 5.70. The predicted octanol–water partition coefficient (Wildman–Crippen LogP) is 4.08. The van der Waals surface area contributed by atoms with Crippen molar-refractivity contribution in [2.24, 2.45) is 7.05 Å². The Morgan fingerprint density at radius 2 is 2.00 bits per heavy atom. The van der Waals surface area contributed by atoms with Gasteiger partial charge in [-0.2, -0.15) is 5.10 Å². The number of aromatic nitrogens is 3. The van der Waals surface area contributed by atoms with Crippen molar-refractivity contribution in [3.8, 4) is 16.9 Å². The number of hydrogen-bond donors (Lipinski definition) is 0. The molecule has 1 amide bonds. The van der Waals surface area contributed by atoms with E-state index in [1.165, 1.54) is 0 Å². The fraction of sp³-hybridized carbons (Fsp3) is 0.348. The number of nitrogens with zero attached hydrogens (tertiary/aromatic N) is 4. The Labute approximate surface area is 171 Å². The van der Waals surface area contributed by atoms with Crippen molar-refractivity contribution in [2.45, 2.75) is 32.7 Å². The molecular formula is C23H26N4O2. The lowest BCUT2D eigenvalue weighted by Gasteiger charge is -2.25. The lowest BCUT2D eigenvalue weighted by Crippen LogP contribution is -2.31. The van der Waals surface area contributed by atoms with Gasteiger partial charge in [-0.3, -0.25) is 14.5 Å². The van der Waals surface area contributed by atoms with E-state index in [0.29, 0.717) is 5.56 Å². The molecule has 0 N–H and O–H groups in total. The van der Waals surface area contributed by atoms with Crippen LogP contribution in [0.15, 0.2) is 42.6 Å². The quantitative estimate of drug-likeness (QED) is 0.673. The van der Waals surface area contributed by atoms with Crippen molar-refractivity contribution in [3.05, 3.63) is 65.2 Å². The Hall–Kier alpha value is -3.15. The monoisotopic (exact) mass is 390 g/mol. The summed E-state index contributed by atoms with van der Waals surface area (Å²) in [7, 11) is 3.53. The number of likely N-dealkylation sites (tertiary alicyclic amines) is 1. The molecule has 1 atom stereocenters. The zero-order chi connectivity index (χ0) is 20.5. The summed E-state index contributed by atoms with van der Waals surface area (Å²) in [6.07, 6.45) is 3.55. The summed E-state index contributed by atoms with van der Waals surface area (Å²) in [5, 5.41) is 4.23. The smallest absolute Gasteiger partial charge is 0.257 e. The zero-order valence-corrected chi connectivity index (χ0v) is 17.3. The highest BCUT2D eigenvalue weighted by atomic mass is 16.5. The largest absolute Gasteiger partial charge is 0.497 e. The van der Waals surface area contributed by atoms with Gasteiger partial charge in [0.25, 0.3) is 5.91 Å². The van der Waals surface area contributed by atoms with E-state index >= 15 is 0 Å². The molecule has 1 aliphatic rings. The van der Waals surface area contributed by atoms with Gasteiger partial charge in [0, 0.05) is 25.0 Å². The number of ether oxygens (including phenoxy) is 1. The Bertz CT molecular complexity index is 1060. The van der Waals surface area contributed by atoms with E-state index in [9.17, 15) is 4.79 Å². The first-order valence-electron chi connectivity index (χ1n) is 9.90. The van der Waals surface area contributed by atoms with Crippen LogP contribution in [0.3, 0.4) is 0 Å². The van der Waals surface area contributed by atoms with Gasteiger partial charge >= 0.3 is 0 Å². The molecule has 3 aromatic rings. The maximum Gasteiger partial charge on any atom is 0.257 e. The number of carbonyl (C=O) groups excluding carboxylic acids is 1. The van der Waals surface area contributed by atoms with Gasteiger partial charge in [-0.15, -0.1) is 0 Å². The van der Waals surface area contributed by atoms with Gasteiger partial charge in [-0.1, -0.05) is 12.1 Å². The molecule has 2 aromatic heterocycles. The normalized spacial score (nSPS) is 16.3. The first kappa shape index (κ1) is 19.2. The topological polar surface area (TPSA) is 60.2 Å². The number of methoxy groups -OCH3 is 1. The van der Waals surface area contributed by atoms with Gasteiger partial charge in [-0.05, 0) is 62.1 Å². The van der Waals surface area contributed by atoms with Crippen LogP contribution >= 0.6 is 0 Å². The minimum Gasteiger partial charge on any atom is -0.497 e. The van der Waals surface area contributed by atoms with Crippen molar-refractivity contribution >= 4 is 5.91 Å². The molecule has 1 saturated heterocycles. The average molecular weight is 390 g/mol. The molecule has 6 nitrogen and oxygen atoms in total. The van der Waals surface area contributed by atoms with Gasteiger partial charge in [0.1, 0.15) is 5.75 Å². The number of pyridine rings is 1. The molecule has 0 saturated carbocycles. The molecular weight excluding hydrogens is 364 g/mol. The van der Waals surface area contributed by atoms with E-state index in [0.717, 1.165) is 53.3 Å². The minimum atomic E-state index is -0.0219. The SMILES string of the molecule is COc1cccc(-c2cc(C)nc(C3CCCN3C(=O)c3cnn(C)c3C)c2)c1. The van der Waals surface area contributed by atoms with Crippen molar-refractivity contribution in [1.29, 1.82) is 0 Å². The van der Waals surface area contributed by atoms with Crippen LogP contribution < -0.4 is 4.74 Å². The number of rotatable bonds is 4. The Morgan fingerprint density at radius 1 is 1.17 bits per heavy atom.